The van der Waals surface area contributed by atoms with Crippen molar-refractivity contribution in [3.05, 3.63) is 41.5 Å². The molecule has 0 atom stereocenters. The predicted octanol–water partition coefficient (Wildman–Crippen LogP) is 2.18. The lowest BCUT2D eigenvalue weighted by Crippen LogP contribution is -2.33. The normalized spacial score (nSPS) is 11.4. The third-order valence-electron chi connectivity index (χ3n) is 2.15. The molecule has 0 spiro atoms. The Balaban J connectivity index is 2.98. The highest BCUT2D eigenvalue weighted by molar-refractivity contribution is 6.21. The van der Waals surface area contributed by atoms with Crippen molar-refractivity contribution < 1.29 is 9.59 Å². The van der Waals surface area contributed by atoms with Gasteiger partial charge in [0.05, 0.1) is 5.57 Å². The SMILES string of the molecule is CC(=O)C(=Cc1ccccc1)C(=O)NC(C)C. The molecule has 1 amide bonds. The van der Waals surface area contributed by atoms with Crippen molar-refractivity contribution in [1.29, 1.82) is 0 Å². The number of hydrogen-bond donors (Lipinski definition) is 1. The van der Waals surface area contributed by atoms with Crippen molar-refractivity contribution in [3.8, 4) is 0 Å². The van der Waals surface area contributed by atoms with E-state index >= 15 is 0 Å². The summed E-state index contributed by atoms with van der Waals surface area (Å²) in [5, 5.41) is 2.72. The maximum Gasteiger partial charge on any atom is 0.255 e. The van der Waals surface area contributed by atoms with E-state index in [1.807, 2.05) is 44.2 Å². The van der Waals surface area contributed by atoms with Crippen LogP contribution in [0.15, 0.2) is 35.9 Å². The van der Waals surface area contributed by atoms with E-state index in [-0.39, 0.29) is 23.3 Å². The molecule has 1 N–H and O–H groups in total. The highest BCUT2D eigenvalue weighted by Crippen LogP contribution is 2.08. The largest absolute Gasteiger partial charge is 0.350 e. The van der Waals surface area contributed by atoms with Gasteiger partial charge in [-0.2, -0.15) is 0 Å². The highest BCUT2D eigenvalue weighted by Gasteiger charge is 2.14. The summed E-state index contributed by atoms with van der Waals surface area (Å²) >= 11 is 0. The minimum Gasteiger partial charge on any atom is -0.350 e. The fraction of sp³-hybridized carbons (Fsp3) is 0.286. The summed E-state index contributed by atoms with van der Waals surface area (Å²) < 4.78 is 0. The fourth-order valence-corrected chi connectivity index (χ4v) is 1.38. The number of ketones is 1. The highest BCUT2D eigenvalue weighted by atomic mass is 16.2. The minimum atomic E-state index is -0.323. The maximum absolute atomic E-state index is 11.8. The monoisotopic (exact) mass is 231 g/mol. The first kappa shape index (κ1) is 13.2. The molecule has 1 rings (SSSR count). The van der Waals surface area contributed by atoms with E-state index in [1.165, 1.54) is 6.92 Å². The Kier molecular flexibility index (Phi) is 4.64. The number of amides is 1. The van der Waals surface area contributed by atoms with E-state index in [2.05, 4.69) is 5.32 Å². The second-order valence-corrected chi connectivity index (χ2v) is 4.15. The molecule has 0 saturated heterocycles. The first-order valence-electron chi connectivity index (χ1n) is 5.59. The van der Waals surface area contributed by atoms with Crippen molar-refractivity contribution in [2.45, 2.75) is 26.8 Å². The van der Waals surface area contributed by atoms with E-state index < -0.39 is 0 Å². The molecular weight excluding hydrogens is 214 g/mol. The predicted molar refractivity (Wildman–Crippen MR) is 68.4 cm³/mol. The first-order chi connectivity index (χ1) is 8.00. The lowest BCUT2D eigenvalue weighted by molar-refractivity contribution is -0.121. The van der Waals surface area contributed by atoms with Gasteiger partial charge >= 0.3 is 0 Å². The average molecular weight is 231 g/mol. The van der Waals surface area contributed by atoms with Gasteiger partial charge in [-0.1, -0.05) is 30.3 Å². The molecule has 1 aromatic rings. The molecule has 0 aliphatic heterocycles. The van der Waals surface area contributed by atoms with Crippen molar-refractivity contribution in [2.24, 2.45) is 0 Å². The standard InChI is InChI=1S/C14H17NO2/c1-10(2)15-14(17)13(11(3)16)9-12-7-5-4-6-8-12/h4-10H,1-3H3,(H,15,17). The van der Waals surface area contributed by atoms with Crippen LogP contribution >= 0.6 is 0 Å². The van der Waals surface area contributed by atoms with Crippen LogP contribution in [0.25, 0.3) is 6.08 Å². The van der Waals surface area contributed by atoms with E-state index in [9.17, 15) is 9.59 Å². The van der Waals surface area contributed by atoms with E-state index in [1.54, 1.807) is 6.08 Å². The van der Waals surface area contributed by atoms with Crippen LogP contribution in [0.4, 0.5) is 0 Å². The molecule has 3 heteroatoms. The van der Waals surface area contributed by atoms with Gasteiger partial charge < -0.3 is 5.32 Å². The number of benzene rings is 1. The van der Waals surface area contributed by atoms with Gasteiger partial charge in [0.1, 0.15) is 0 Å². The van der Waals surface area contributed by atoms with E-state index in [4.69, 9.17) is 0 Å². The minimum absolute atomic E-state index is 0.0148. The lowest BCUT2D eigenvalue weighted by Gasteiger charge is -2.09. The average Bonchev–Trinajstić information content (AvgIpc) is 2.25. The van der Waals surface area contributed by atoms with Crippen molar-refractivity contribution in [3.63, 3.8) is 0 Å². The number of Topliss-reactive ketones (excluding diaryl/α,β-unsaturated/α-hetero) is 1. The number of carbonyl (C=O) groups is 2. The van der Waals surface area contributed by atoms with Crippen LogP contribution in [0.3, 0.4) is 0 Å². The third-order valence-corrected chi connectivity index (χ3v) is 2.15. The summed E-state index contributed by atoms with van der Waals surface area (Å²) in [7, 11) is 0. The van der Waals surface area contributed by atoms with Gasteiger partial charge in [0.2, 0.25) is 0 Å². The van der Waals surface area contributed by atoms with Crippen LogP contribution in [0.5, 0.6) is 0 Å². The van der Waals surface area contributed by atoms with Crippen molar-refractivity contribution >= 4 is 17.8 Å². The molecule has 3 nitrogen and oxygen atoms in total. The van der Waals surface area contributed by atoms with Crippen LogP contribution in [0, 0.1) is 0 Å². The molecule has 1 aromatic carbocycles. The Hall–Kier alpha value is -1.90. The molecule has 0 bridgehead atoms. The molecule has 0 fully saturated rings. The van der Waals surface area contributed by atoms with Gasteiger partial charge in [0.15, 0.2) is 5.78 Å². The van der Waals surface area contributed by atoms with Crippen LogP contribution in [-0.2, 0) is 9.59 Å². The second-order valence-electron chi connectivity index (χ2n) is 4.15. The van der Waals surface area contributed by atoms with Crippen LogP contribution < -0.4 is 5.32 Å². The van der Waals surface area contributed by atoms with Gasteiger partial charge in [-0.05, 0) is 32.4 Å². The van der Waals surface area contributed by atoms with Crippen molar-refractivity contribution in [1.82, 2.24) is 5.32 Å². The van der Waals surface area contributed by atoms with Crippen LogP contribution in [0.1, 0.15) is 26.3 Å². The zero-order valence-corrected chi connectivity index (χ0v) is 10.4. The zero-order valence-electron chi connectivity index (χ0n) is 10.4. The molecule has 0 aliphatic carbocycles. The Labute approximate surface area is 102 Å². The molecule has 0 saturated carbocycles. The fourth-order valence-electron chi connectivity index (χ4n) is 1.38. The summed E-state index contributed by atoms with van der Waals surface area (Å²) in [6.07, 6.45) is 1.61. The van der Waals surface area contributed by atoms with Gasteiger partial charge in [-0.3, -0.25) is 9.59 Å². The van der Waals surface area contributed by atoms with Crippen LogP contribution in [-0.4, -0.2) is 17.7 Å². The molecule has 0 aliphatic rings. The number of hydrogen-bond acceptors (Lipinski definition) is 2. The number of rotatable bonds is 4. The molecule has 0 aromatic heterocycles. The quantitative estimate of drug-likeness (QED) is 0.490. The third kappa shape index (κ3) is 4.23. The summed E-state index contributed by atoms with van der Waals surface area (Å²) in [5.41, 5.74) is 1.03. The molecule has 0 heterocycles. The molecule has 0 unspecified atom stereocenters. The Morgan fingerprint density at radius 2 is 1.76 bits per heavy atom. The second kappa shape index (κ2) is 5.99. The molecule has 90 valence electrons. The lowest BCUT2D eigenvalue weighted by atomic mass is 10.1. The smallest absolute Gasteiger partial charge is 0.255 e. The van der Waals surface area contributed by atoms with Gasteiger partial charge in [0, 0.05) is 6.04 Å². The summed E-state index contributed by atoms with van der Waals surface area (Å²) in [6.45, 7) is 5.12. The number of nitrogens with one attached hydrogen (secondary N) is 1. The van der Waals surface area contributed by atoms with E-state index in [0.717, 1.165) is 5.56 Å². The Morgan fingerprint density at radius 1 is 1.18 bits per heavy atom. The van der Waals surface area contributed by atoms with E-state index in [0.29, 0.717) is 0 Å². The summed E-state index contributed by atoms with van der Waals surface area (Å²) in [5.74, 6) is -0.552. The van der Waals surface area contributed by atoms with Gasteiger partial charge in [-0.25, -0.2) is 0 Å². The number of carbonyl (C=O) groups excluding carboxylic acids is 2. The first-order valence-corrected chi connectivity index (χ1v) is 5.59. The summed E-state index contributed by atoms with van der Waals surface area (Å²) in [4.78, 5) is 23.2. The maximum atomic E-state index is 11.8. The Bertz CT molecular complexity index is 433. The Morgan fingerprint density at radius 3 is 2.24 bits per heavy atom. The van der Waals surface area contributed by atoms with Gasteiger partial charge in [-0.15, -0.1) is 0 Å². The summed E-state index contributed by atoms with van der Waals surface area (Å²) in [6, 6.07) is 9.34. The zero-order chi connectivity index (χ0) is 12.8. The van der Waals surface area contributed by atoms with Crippen LogP contribution in [0.2, 0.25) is 0 Å². The molecular formula is C14H17NO2. The van der Waals surface area contributed by atoms with Crippen molar-refractivity contribution in [2.75, 3.05) is 0 Å². The topological polar surface area (TPSA) is 46.2 Å². The van der Waals surface area contributed by atoms with Gasteiger partial charge in [0.25, 0.3) is 5.91 Å². The molecule has 17 heavy (non-hydrogen) atoms. The molecule has 0 radical (unpaired) electrons.